The first-order chi connectivity index (χ1) is 10.2. The van der Waals surface area contributed by atoms with E-state index in [1.807, 2.05) is 19.2 Å². The number of aromatic nitrogens is 2. The lowest BCUT2D eigenvalue weighted by molar-refractivity contribution is 0.353. The molecule has 0 saturated heterocycles. The van der Waals surface area contributed by atoms with E-state index in [0.29, 0.717) is 11.8 Å². The molecule has 5 nitrogen and oxygen atoms in total. The van der Waals surface area contributed by atoms with Gasteiger partial charge >= 0.3 is 0 Å². The van der Waals surface area contributed by atoms with Crippen molar-refractivity contribution in [1.29, 1.82) is 0 Å². The maximum Gasteiger partial charge on any atom is 0.240 e. The second-order valence-corrected chi connectivity index (χ2v) is 5.12. The normalized spacial score (nSPS) is 12.0. The summed E-state index contributed by atoms with van der Waals surface area (Å²) in [6.07, 6.45) is 3.66. The number of nitrogens with zero attached hydrogens (tertiary/aromatic N) is 2. The van der Waals surface area contributed by atoms with E-state index < -0.39 is 0 Å². The molecule has 21 heavy (non-hydrogen) atoms. The average molecular weight is 305 g/mol. The van der Waals surface area contributed by atoms with E-state index in [4.69, 9.17) is 9.47 Å². The summed E-state index contributed by atoms with van der Waals surface area (Å²) in [5.41, 5.74) is 1.88. The predicted octanol–water partition coefficient (Wildman–Crippen LogP) is 2.52. The maximum absolute atomic E-state index is 5.37. The van der Waals surface area contributed by atoms with Gasteiger partial charge in [-0.25, -0.2) is 4.98 Å². The van der Waals surface area contributed by atoms with E-state index in [-0.39, 0.29) is 6.04 Å². The van der Waals surface area contributed by atoms with Crippen molar-refractivity contribution in [2.45, 2.75) is 10.9 Å². The lowest BCUT2D eigenvalue weighted by Crippen LogP contribution is -2.21. The molecule has 2 rings (SSSR count). The molecule has 112 valence electrons. The van der Waals surface area contributed by atoms with Gasteiger partial charge in [0.05, 0.1) is 26.5 Å². The minimum absolute atomic E-state index is 0.0954. The van der Waals surface area contributed by atoms with Crippen molar-refractivity contribution in [2.24, 2.45) is 0 Å². The Bertz CT molecular complexity index is 607. The molecule has 1 unspecified atom stereocenters. The highest BCUT2D eigenvalue weighted by Gasteiger charge is 2.22. The maximum atomic E-state index is 5.37. The fourth-order valence-electron chi connectivity index (χ4n) is 2.16. The third-order valence-corrected chi connectivity index (χ3v) is 3.97. The lowest BCUT2D eigenvalue weighted by atomic mass is 10.0. The van der Waals surface area contributed by atoms with Crippen LogP contribution in [0.15, 0.2) is 35.4 Å². The van der Waals surface area contributed by atoms with Crippen LogP contribution in [0.1, 0.15) is 17.3 Å². The summed E-state index contributed by atoms with van der Waals surface area (Å²) in [6, 6.07) is 8.12. The van der Waals surface area contributed by atoms with Crippen molar-refractivity contribution in [3.63, 3.8) is 0 Å². The minimum atomic E-state index is -0.0954. The highest BCUT2D eigenvalue weighted by Crippen LogP contribution is 2.33. The molecule has 0 aliphatic rings. The van der Waals surface area contributed by atoms with Gasteiger partial charge in [0, 0.05) is 4.90 Å². The zero-order valence-corrected chi connectivity index (χ0v) is 13.4. The topological polar surface area (TPSA) is 56.3 Å². The predicted molar refractivity (Wildman–Crippen MR) is 84.3 cm³/mol. The Balaban J connectivity index is 2.51. The van der Waals surface area contributed by atoms with E-state index in [2.05, 4.69) is 33.7 Å². The monoisotopic (exact) mass is 305 g/mol. The standard InChI is InChI=1S/C15H19N3O2S/c1-16-13(10-7-5-6-8-11(10)21-4)14-15(20-3)18-12(19-2)9-17-14/h5-9,13,16H,1-4H3. The molecule has 1 aromatic carbocycles. The largest absolute Gasteiger partial charge is 0.480 e. The first kappa shape index (κ1) is 15.6. The third kappa shape index (κ3) is 3.28. The molecule has 0 amide bonds. The van der Waals surface area contributed by atoms with Crippen molar-refractivity contribution in [3.05, 3.63) is 41.7 Å². The molecule has 0 radical (unpaired) electrons. The van der Waals surface area contributed by atoms with Crippen LogP contribution in [0.25, 0.3) is 0 Å². The van der Waals surface area contributed by atoms with Gasteiger partial charge in [-0.15, -0.1) is 11.8 Å². The summed E-state index contributed by atoms with van der Waals surface area (Å²) >= 11 is 1.70. The van der Waals surface area contributed by atoms with Gasteiger partial charge in [0.1, 0.15) is 5.69 Å². The molecule has 1 atom stereocenters. The van der Waals surface area contributed by atoms with Gasteiger partial charge in [-0.2, -0.15) is 4.98 Å². The number of ether oxygens (including phenoxy) is 2. The van der Waals surface area contributed by atoms with Gasteiger partial charge in [-0.05, 0) is 24.9 Å². The van der Waals surface area contributed by atoms with Crippen LogP contribution in [0.5, 0.6) is 11.8 Å². The summed E-state index contributed by atoms with van der Waals surface area (Å²) in [5, 5.41) is 3.28. The average Bonchev–Trinajstić information content (AvgIpc) is 2.56. The molecule has 1 heterocycles. The number of thioether (sulfide) groups is 1. The number of rotatable bonds is 6. The summed E-state index contributed by atoms with van der Waals surface area (Å²) in [6.45, 7) is 0. The molecule has 1 N–H and O–H groups in total. The molecule has 2 aromatic rings. The van der Waals surface area contributed by atoms with Crippen LogP contribution in [-0.4, -0.2) is 37.5 Å². The number of nitrogens with one attached hydrogen (secondary N) is 1. The molecule has 0 saturated carbocycles. The van der Waals surface area contributed by atoms with E-state index in [1.165, 1.54) is 4.90 Å². The van der Waals surface area contributed by atoms with Gasteiger partial charge < -0.3 is 14.8 Å². The highest BCUT2D eigenvalue weighted by molar-refractivity contribution is 7.98. The van der Waals surface area contributed by atoms with Crippen LogP contribution in [0, 0.1) is 0 Å². The van der Waals surface area contributed by atoms with Gasteiger partial charge in [-0.1, -0.05) is 18.2 Å². The SMILES string of the molecule is CNC(c1ccccc1SC)c1ncc(OC)nc1OC. The molecule has 0 fully saturated rings. The van der Waals surface area contributed by atoms with Crippen molar-refractivity contribution in [1.82, 2.24) is 15.3 Å². The Morgan fingerprint density at radius 3 is 2.57 bits per heavy atom. The van der Waals surface area contributed by atoms with Crippen LogP contribution in [0.4, 0.5) is 0 Å². The van der Waals surface area contributed by atoms with Gasteiger partial charge in [0.15, 0.2) is 0 Å². The second-order valence-electron chi connectivity index (χ2n) is 4.27. The fraction of sp³-hybridized carbons (Fsp3) is 0.333. The number of benzene rings is 1. The van der Waals surface area contributed by atoms with Gasteiger partial charge in [0.2, 0.25) is 11.8 Å². The molecular weight excluding hydrogens is 286 g/mol. The number of hydrogen-bond donors (Lipinski definition) is 1. The minimum Gasteiger partial charge on any atom is -0.480 e. The number of hydrogen-bond acceptors (Lipinski definition) is 6. The molecule has 0 aliphatic heterocycles. The third-order valence-electron chi connectivity index (χ3n) is 3.16. The first-order valence-electron chi connectivity index (χ1n) is 6.50. The quantitative estimate of drug-likeness (QED) is 0.828. The Kier molecular flexibility index (Phi) is 5.41. The lowest BCUT2D eigenvalue weighted by Gasteiger charge is -2.20. The van der Waals surface area contributed by atoms with Crippen molar-refractivity contribution < 1.29 is 9.47 Å². The van der Waals surface area contributed by atoms with Crippen LogP contribution < -0.4 is 14.8 Å². The van der Waals surface area contributed by atoms with Crippen LogP contribution in [-0.2, 0) is 0 Å². The van der Waals surface area contributed by atoms with E-state index >= 15 is 0 Å². The summed E-state index contributed by atoms with van der Waals surface area (Å²) < 4.78 is 10.5. The number of methoxy groups -OCH3 is 2. The van der Waals surface area contributed by atoms with Crippen LogP contribution >= 0.6 is 11.8 Å². The van der Waals surface area contributed by atoms with Gasteiger partial charge in [0.25, 0.3) is 0 Å². The Morgan fingerprint density at radius 1 is 1.19 bits per heavy atom. The highest BCUT2D eigenvalue weighted by atomic mass is 32.2. The molecule has 0 spiro atoms. The zero-order chi connectivity index (χ0) is 15.2. The molecule has 6 heteroatoms. The van der Waals surface area contributed by atoms with Crippen LogP contribution in [0.3, 0.4) is 0 Å². The smallest absolute Gasteiger partial charge is 0.240 e. The van der Waals surface area contributed by atoms with E-state index in [0.717, 1.165) is 11.3 Å². The van der Waals surface area contributed by atoms with Crippen molar-refractivity contribution >= 4 is 11.8 Å². The Labute approximate surface area is 129 Å². The summed E-state index contributed by atoms with van der Waals surface area (Å²) in [4.78, 5) is 9.96. The zero-order valence-electron chi connectivity index (χ0n) is 12.6. The first-order valence-corrected chi connectivity index (χ1v) is 7.72. The molecule has 0 aliphatic carbocycles. The van der Waals surface area contributed by atoms with E-state index in [1.54, 1.807) is 32.2 Å². The Hall–Kier alpha value is -1.79. The van der Waals surface area contributed by atoms with Gasteiger partial charge in [-0.3, -0.25) is 0 Å². The molecule has 0 bridgehead atoms. The Morgan fingerprint density at radius 2 is 1.95 bits per heavy atom. The van der Waals surface area contributed by atoms with Crippen molar-refractivity contribution in [2.75, 3.05) is 27.5 Å². The second kappa shape index (κ2) is 7.28. The summed E-state index contributed by atoms with van der Waals surface area (Å²) in [5.74, 6) is 0.896. The van der Waals surface area contributed by atoms with Crippen LogP contribution in [0.2, 0.25) is 0 Å². The fourth-order valence-corrected chi connectivity index (χ4v) is 2.79. The summed E-state index contributed by atoms with van der Waals surface area (Å²) in [7, 11) is 5.04. The van der Waals surface area contributed by atoms with E-state index in [9.17, 15) is 0 Å². The molecular formula is C15H19N3O2S. The molecule has 1 aromatic heterocycles. The van der Waals surface area contributed by atoms with Crippen molar-refractivity contribution in [3.8, 4) is 11.8 Å².